The van der Waals surface area contributed by atoms with E-state index in [1.165, 1.54) is 24.3 Å². The van der Waals surface area contributed by atoms with Crippen LogP contribution in [0.5, 0.6) is 0 Å². The molecule has 4 rings (SSSR count). The molecule has 6 nitrogen and oxygen atoms in total. The Morgan fingerprint density at radius 1 is 1.11 bits per heavy atom. The second kappa shape index (κ2) is 6.96. The number of halogens is 1. The molecule has 0 radical (unpaired) electrons. The molecule has 0 bridgehead atoms. The molecule has 138 valence electrons. The molecule has 1 aromatic heterocycles. The molecule has 8 heteroatoms. The van der Waals surface area contributed by atoms with E-state index in [1.807, 2.05) is 11.0 Å². The number of carbonyl (C=O) groups is 2. The lowest BCUT2D eigenvalue weighted by Crippen LogP contribution is -2.52. The van der Waals surface area contributed by atoms with E-state index in [0.29, 0.717) is 30.0 Å². The first-order valence-electron chi connectivity index (χ1n) is 8.48. The van der Waals surface area contributed by atoms with E-state index in [2.05, 4.69) is 15.6 Å². The molecule has 2 N–H and O–H groups in total. The van der Waals surface area contributed by atoms with Gasteiger partial charge in [-0.3, -0.25) is 9.59 Å². The van der Waals surface area contributed by atoms with Crippen molar-refractivity contribution in [2.24, 2.45) is 5.92 Å². The SMILES string of the molecule is CC(=O)Nc1ccc(NC(=O)C2CN(c3nc4c(F)cccc4s3)C2)cc1. The summed E-state index contributed by atoms with van der Waals surface area (Å²) in [7, 11) is 0. The van der Waals surface area contributed by atoms with Gasteiger partial charge in [0.1, 0.15) is 11.3 Å². The molecule has 1 fully saturated rings. The average Bonchev–Trinajstić information content (AvgIpc) is 3.00. The Balaban J connectivity index is 1.35. The zero-order chi connectivity index (χ0) is 19.0. The fourth-order valence-electron chi connectivity index (χ4n) is 2.92. The molecule has 0 saturated carbocycles. The lowest BCUT2D eigenvalue weighted by molar-refractivity contribution is -0.120. The topological polar surface area (TPSA) is 74.3 Å². The molecular formula is C19H17FN4O2S. The molecule has 0 atom stereocenters. The van der Waals surface area contributed by atoms with Crippen LogP contribution in [0.3, 0.4) is 0 Å². The highest BCUT2D eigenvalue weighted by atomic mass is 32.1. The van der Waals surface area contributed by atoms with Crippen molar-refractivity contribution in [2.75, 3.05) is 28.6 Å². The van der Waals surface area contributed by atoms with Crippen molar-refractivity contribution >= 4 is 49.9 Å². The number of nitrogens with zero attached hydrogens (tertiary/aromatic N) is 2. The number of rotatable bonds is 4. The quantitative estimate of drug-likeness (QED) is 0.722. The van der Waals surface area contributed by atoms with Crippen molar-refractivity contribution in [1.82, 2.24) is 4.98 Å². The van der Waals surface area contributed by atoms with E-state index in [4.69, 9.17) is 0 Å². The summed E-state index contributed by atoms with van der Waals surface area (Å²) in [6.45, 7) is 2.55. The van der Waals surface area contributed by atoms with Crippen LogP contribution < -0.4 is 15.5 Å². The molecule has 1 aliphatic heterocycles. The summed E-state index contributed by atoms with van der Waals surface area (Å²) in [4.78, 5) is 29.7. The van der Waals surface area contributed by atoms with Gasteiger partial charge in [0.05, 0.1) is 10.6 Å². The number of fused-ring (bicyclic) bond motifs is 1. The lowest BCUT2D eigenvalue weighted by atomic mass is 10.00. The van der Waals surface area contributed by atoms with Crippen LogP contribution in [0.1, 0.15) is 6.92 Å². The number of amides is 2. The normalized spacial score (nSPS) is 14.1. The van der Waals surface area contributed by atoms with Crippen LogP contribution in [0.4, 0.5) is 20.9 Å². The van der Waals surface area contributed by atoms with Crippen LogP contribution in [0, 0.1) is 11.7 Å². The maximum Gasteiger partial charge on any atom is 0.231 e. The van der Waals surface area contributed by atoms with Crippen LogP contribution in [0.2, 0.25) is 0 Å². The van der Waals surface area contributed by atoms with Crippen molar-refractivity contribution in [3.05, 3.63) is 48.3 Å². The minimum atomic E-state index is -0.326. The van der Waals surface area contributed by atoms with Crippen molar-refractivity contribution in [3.8, 4) is 0 Å². The number of nitrogens with one attached hydrogen (secondary N) is 2. The van der Waals surface area contributed by atoms with Gasteiger partial charge in [0.15, 0.2) is 5.13 Å². The molecule has 1 saturated heterocycles. The highest BCUT2D eigenvalue weighted by molar-refractivity contribution is 7.22. The van der Waals surface area contributed by atoms with Crippen molar-refractivity contribution in [2.45, 2.75) is 6.92 Å². The van der Waals surface area contributed by atoms with Crippen LogP contribution >= 0.6 is 11.3 Å². The number of hydrogen-bond acceptors (Lipinski definition) is 5. The van der Waals surface area contributed by atoms with E-state index in [-0.39, 0.29) is 23.5 Å². The van der Waals surface area contributed by atoms with Crippen LogP contribution in [-0.4, -0.2) is 29.9 Å². The molecule has 3 aromatic rings. The summed E-state index contributed by atoms with van der Waals surface area (Å²) in [5, 5.41) is 6.29. The third-order valence-electron chi connectivity index (χ3n) is 4.35. The number of hydrogen-bond donors (Lipinski definition) is 2. The number of thiazole rings is 1. The summed E-state index contributed by atoms with van der Waals surface area (Å²) >= 11 is 1.43. The highest BCUT2D eigenvalue weighted by Gasteiger charge is 2.34. The first kappa shape index (κ1) is 17.4. The predicted octanol–water partition coefficient (Wildman–Crippen LogP) is 3.47. The largest absolute Gasteiger partial charge is 0.346 e. The number of carbonyl (C=O) groups excluding carboxylic acids is 2. The zero-order valence-electron chi connectivity index (χ0n) is 14.5. The Bertz CT molecular complexity index is 1010. The van der Waals surface area contributed by atoms with Gasteiger partial charge in [-0.1, -0.05) is 17.4 Å². The Hall–Kier alpha value is -3.00. The number of benzene rings is 2. The average molecular weight is 384 g/mol. The molecule has 2 heterocycles. The Morgan fingerprint density at radius 3 is 2.41 bits per heavy atom. The second-order valence-electron chi connectivity index (χ2n) is 6.43. The van der Waals surface area contributed by atoms with Gasteiger partial charge in [0.25, 0.3) is 0 Å². The van der Waals surface area contributed by atoms with Gasteiger partial charge < -0.3 is 15.5 Å². The molecule has 0 aliphatic carbocycles. The van der Waals surface area contributed by atoms with Gasteiger partial charge in [0, 0.05) is 31.4 Å². The van der Waals surface area contributed by atoms with Gasteiger partial charge in [-0.2, -0.15) is 0 Å². The number of anilines is 3. The van der Waals surface area contributed by atoms with Gasteiger partial charge in [-0.25, -0.2) is 9.37 Å². The Labute approximate surface area is 159 Å². The summed E-state index contributed by atoms with van der Waals surface area (Å²) in [6.07, 6.45) is 0. The van der Waals surface area contributed by atoms with Crippen LogP contribution in [0.25, 0.3) is 10.2 Å². The van der Waals surface area contributed by atoms with Gasteiger partial charge in [-0.05, 0) is 36.4 Å². The van der Waals surface area contributed by atoms with E-state index in [0.717, 1.165) is 9.83 Å². The predicted molar refractivity (Wildman–Crippen MR) is 105 cm³/mol. The summed E-state index contributed by atoms with van der Waals surface area (Å²) in [5.41, 5.74) is 1.73. The minimum Gasteiger partial charge on any atom is -0.346 e. The standard InChI is InChI=1S/C19H17FN4O2S/c1-11(25)21-13-5-7-14(8-6-13)22-18(26)12-9-24(10-12)19-23-17-15(20)3-2-4-16(17)27-19/h2-8,12H,9-10H2,1H3,(H,21,25)(H,22,26). The zero-order valence-corrected chi connectivity index (χ0v) is 15.3. The summed E-state index contributed by atoms with van der Waals surface area (Å²) in [5.74, 6) is -0.675. The molecule has 1 aliphatic rings. The smallest absolute Gasteiger partial charge is 0.231 e. The minimum absolute atomic E-state index is 0.0641. The van der Waals surface area contributed by atoms with Gasteiger partial charge >= 0.3 is 0 Å². The Morgan fingerprint density at radius 2 is 1.78 bits per heavy atom. The summed E-state index contributed by atoms with van der Waals surface area (Å²) < 4.78 is 14.6. The van der Waals surface area contributed by atoms with E-state index in [1.54, 1.807) is 30.3 Å². The van der Waals surface area contributed by atoms with E-state index >= 15 is 0 Å². The maximum absolute atomic E-state index is 13.8. The number of aromatic nitrogens is 1. The van der Waals surface area contributed by atoms with Crippen molar-refractivity contribution in [1.29, 1.82) is 0 Å². The van der Waals surface area contributed by atoms with Gasteiger partial charge in [-0.15, -0.1) is 0 Å². The molecular weight excluding hydrogens is 367 g/mol. The van der Waals surface area contributed by atoms with E-state index < -0.39 is 0 Å². The third-order valence-corrected chi connectivity index (χ3v) is 5.44. The molecule has 0 unspecified atom stereocenters. The fourth-order valence-corrected chi connectivity index (χ4v) is 3.92. The second-order valence-corrected chi connectivity index (χ2v) is 7.44. The Kier molecular flexibility index (Phi) is 4.49. The maximum atomic E-state index is 13.8. The highest BCUT2D eigenvalue weighted by Crippen LogP contribution is 2.34. The fraction of sp³-hybridized carbons (Fsp3) is 0.211. The first-order chi connectivity index (χ1) is 13.0. The molecule has 27 heavy (non-hydrogen) atoms. The third kappa shape index (κ3) is 3.61. The van der Waals surface area contributed by atoms with E-state index in [9.17, 15) is 14.0 Å². The van der Waals surface area contributed by atoms with Crippen LogP contribution in [-0.2, 0) is 9.59 Å². The summed E-state index contributed by atoms with van der Waals surface area (Å²) in [6, 6.07) is 11.9. The molecule has 2 amide bonds. The van der Waals surface area contributed by atoms with Crippen molar-refractivity contribution < 1.29 is 14.0 Å². The van der Waals surface area contributed by atoms with Gasteiger partial charge in [0.2, 0.25) is 11.8 Å². The first-order valence-corrected chi connectivity index (χ1v) is 9.30. The molecule has 2 aromatic carbocycles. The number of para-hydroxylation sites is 1. The molecule has 0 spiro atoms. The lowest BCUT2D eigenvalue weighted by Gasteiger charge is -2.37. The monoisotopic (exact) mass is 384 g/mol. The van der Waals surface area contributed by atoms with Crippen LogP contribution in [0.15, 0.2) is 42.5 Å². The van der Waals surface area contributed by atoms with Crippen molar-refractivity contribution in [3.63, 3.8) is 0 Å².